The van der Waals surface area contributed by atoms with Gasteiger partial charge in [0.05, 0.1) is 11.7 Å². The molecule has 1 spiro atoms. The quantitative estimate of drug-likeness (QED) is 0.907. The largest absolute Gasteiger partial charge is 0.372 e. The maximum Gasteiger partial charge on any atom is 0.0687 e. The molecule has 2 nitrogen and oxygen atoms in total. The van der Waals surface area contributed by atoms with Crippen LogP contribution in [0, 0.1) is 6.92 Å². The summed E-state index contributed by atoms with van der Waals surface area (Å²) in [6.45, 7) is 2.12. The zero-order valence-corrected chi connectivity index (χ0v) is 12.6. The average molecular weight is 273 g/mol. The van der Waals surface area contributed by atoms with E-state index in [1.807, 2.05) is 0 Å². The van der Waals surface area contributed by atoms with Crippen LogP contribution in [0.25, 0.3) is 0 Å². The van der Waals surface area contributed by atoms with Gasteiger partial charge in [0.1, 0.15) is 0 Å². The van der Waals surface area contributed by atoms with Crippen LogP contribution in [-0.2, 0) is 11.2 Å². The van der Waals surface area contributed by atoms with Gasteiger partial charge in [-0.3, -0.25) is 0 Å². The standard InChI is InChI=1S/C18H27NO/c1-14-4-6-15(7-5-14)12-16(19)13-17-8-11-18(20-17)9-2-3-10-18/h4-7,16-17H,2-3,8-13,19H2,1H3. The molecule has 2 fully saturated rings. The molecule has 110 valence electrons. The van der Waals surface area contributed by atoms with Crippen molar-refractivity contribution in [3.63, 3.8) is 0 Å². The number of rotatable bonds is 4. The predicted molar refractivity (Wildman–Crippen MR) is 82.8 cm³/mol. The molecule has 0 bridgehead atoms. The monoisotopic (exact) mass is 273 g/mol. The zero-order valence-electron chi connectivity index (χ0n) is 12.6. The minimum Gasteiger partial charge on any atom is -0.372 e. The lowest BCUT2D eigenvalue weighted by Crippen LogP contribution is -2.31. The lowest BCUT2D eigenvalue weighted by Gasteiger charge is -2.25. The number of aryl methyl sites for hydroxylation is 1. The van der Waals surface area contributed by atoms with Gasteiger partial charge in [-0.05, 0) is 51.0 Å². The number of hydrogen-bond acceptors (Lipinski definition) is 2. The molecule has 2 atom stereocenters. The van der Waals surface area contributed by atoms with Crippen molar-refractivity contribution in [2.45, 2.75) is 76.0 Å². The van der Waals surface area contributed by atoms with Crippen molar-refractivity contribution in [3.8, 4) is 0 Å². The van der Waals surface area contributed by atoms with Gasteiger partial charge in [0, 0.05) is 6.04 Å². The fourth-order valence-electron chi connectivity index (χ4n) is 3.90. The van der Waals surface area contributed by atoms with Crippen LogP contribution in [-0.4, -0.2) is 17.7 Å². The molecular weight excluding hydrogens is 246 g/mol. The topological polar surface area (TPSA) is 35.2 Å². The molecule has 1 heterocycles. The molecule has 20 heavy (non-hydrogen) atoms. The second kappa shape index (κ2) is 5.87. The van der Waals surface area contributed by atoms with Crippen molar-refractivity contribution in [2.75, 3.05) is 0 Å². The van der Waals surface area contributed by atoms with Crippen molar-refractivity contribution in [1.82, 2.24) is 0 Å². The van der Waals surface area contributed by atoms with Crippen molar-refractivity contribution < 1.29 is 4.74 Å². The summed E-state index contributed by atoms with van der Waals surface area (Å²) in [7, 11) is 0. The van der Waals surface area contributed by atoms with Crippen LogP contribution in [0.5, 0.6) is 0 Å². The SMILES string of the molecule is Cc1ccc(CC(N)CC2CCC3(CCCC3)O2)cc1. The summed E-state index contributed by atoms with van der Waals surface area (Å²) in [5, 5.41) is 0. The lowest BCUT2D eigenvalue weighted by molar-refractivity contribution is -0.0407. The van der Waals surface area contributed by atoms with Crippen molar-refractivity contribution in [3.05, 3.63) is 35.4 Å². The third-order valence-corrected chi connectivity index (χ3v) is 5.04. The van der Waals surface area contributed by atoms with Gasteiger partial charge < -0.3 is 10.5 Å². The molecule has 2 aliphatic rings. The summed E-state index contributed by atoms with van der Waals surface area (Å²) >= 11 is 0. The molecule has 1 aliphatic heterocycles. The van der Waals surface area contributed by atoms with Gasteiger partial charge in [0.15, 0.2) is 0 Å². The van der Waals surface area contributed by atoms with Crippen LogP contribution in [0.2, 0.25) is 0 Å². The lowest BCUT2D eigenvalue weighted by atomic mass is 9.96. The fourth-order valence-corrected chi connectivity index (χ4v) is 3.90. The second-order valence-electron chi connectivity index (χ2n) is 6.85. The van der Waals surface area contributed by atoms with Gasteiger partial charge in [0.25, 0.3) is 0 Å². The first-order chi connectivity index (χ1) is 9.65. The van der Waals surface area contributed by atoms with Gasteiger partial charge in [-0.2, -0.15) is 0 Å². The molecule has 1 aromatic rings. The summed E-state index contributed by atoms with van der Waals surface area (Å²) in [4.78, 5) is 0. The average Bonchev–Trinajstić information content (AvgIpc) is 3.03. The minimum atomic E-state index is 0.222. The molecule has 2 N–H and O–H groups in total. The minimum absolute atomic E-state index is 0.222. The molecule has 3 rings (SSSR count). The zero-order chi connectivity index (χ0) is 14.0. The Bertz CT molecular complexity index is 433. The van der Waals surface area contributed by atoms with Crippen molar-refractivity contribution in [2.24, 2.45) is 5.73 Å². The molecule has 1 saturated heterocycles. The van der Waals surface area contributed by atoms with E-state index < -0.39 is 0 Å². The van der Waals surface area contributed by atoms with Gasteiger partial charge in [-0.1, -0.05) is 42.7 Å². The summed E-state index contributed by atoms with van der Waals surface area (Å²) in [5.41, 5.74) is 9.23. The number of nitrogens with two attached hydrogens (primary N) is 1. The van der Waals surface area contributed by atoms with Gasteiger partial charge >= 0.3 is 0 Å². The first-order valence-electron chi connectivity index (χ1n) is 8.14. The highest BCUT2D eigenvalue weighted by Gasteiger charge is 2.42. The Morgan fingerprint density at radius 3 is 2.60 bits per heavy atom. The predicted octanol–water partition coefficient (Wildman–Crippen LogP) is 3.75. The first-order valence-corrected chi connectivity index (χ1v) is 8.14. The molecule has 1 aliphatic carbocycles. The third-order valence-electron chi connectivity index (χ3n) is 5.04. The van der Waals surface area contributed by atoms with Gasteiger partial charge in [-0.25, -0.2) is 0 Å². The summed E-state index contributed by atoms with van der Waals surface area (Å²) < 4.78 is 6.36. The molecule has 2 heteroatoms. The van der Waals surface area contributed by atoms with Crippen LogP contribution in [0.15, 0.2) is 24.3 Å². The molecule has 0 amide bonds. The number of ether oxygens (including phenoxy) is 1. The van der Waals surface area contributed by atoms with E-state index in [1.165, 1.54) is 49.7 Å². The van der Waals surface area contributed by atoms with Gasteiger partial charge in [0.2, 0.25) is 0 Å². The Kier molecular flexibility index (Phi) is 4.13. The normalized spacial score (nSPS) is 26.2. The van der Waals surface area contributed by atoms with E-state index in [9.17, 15) is 0 Å². The highest BCUT2D eigenvalue weighted by Crippen LogP contribution is 2.44. The smallest absolute Gasteiger partial charge is 0.0687 e. The van der Waals surface area contributed by atoms with Crippen LogP contribution < -0.4 is 5.73 Å². The van der Waals surface area contributed by atoms with Crippen LogP contribution in [0.3, 0.4) is 0 Å². The number of hydrogen-bond donors (Lipinski definition) is 1. The molecule has 2 unspecified atom stereocenters. The van der Waals surface area contributed by atoms with Crippen molar-refractivity contribution in [1.29, 1.82) is 0 Å². The molecule has 1 saturated carbocycles. The van der Waals surface area contributed by atoms with Crippen LogP contribution in [0.1, 0.15) is 56.1 Å². The van der Waals surface area contributed by atoms with E-state index in [-0.39, 0.29) is 11.6 Å². The Morgan fingerprint density at radius 1 is 1.20 bits per heavy atom. The van der Waals surface area contributed by atoms with E-state index in [0.717, 1.165) is 12.8 Å². The molecule has 0 aromatic heterocycles. The Balaban J connectivity index is 1.49. The Morgan fingerprint density at radius 2 is 1.90 bits per heavy atom. The fraction of sp³-hybridized carbons (Fsp3) is 0.667. The van der Waals surface area contributed by atoms with Crippen LogP contribution in [0.4, 0.5) is 0 Å². The van der Waals surface area contributed by atoms with E-state index in [0.29, 0.717) is 6.10 Å². The molecular formula is C18H27NO. The molecule has 1 aromatic carbocycles. The highest BCUT2D eigenvalue weighted by molar-refractivity contribution is 5.22. The maximum atomic E-state index is 6.36. The maximum absolute atomic E-state index is 6.36. The molecule has 0 radical (unpaired) electrons. The summed E-state index contributed by atoms with van der Waals surface area (Å²) in [6.07, 6.45) is 10.1. The Labute approximate surface area is 122 Å². The second-order valence-corrected chi connectivity index (χ2v) is 6.85. The first kappa shape index (κ1) is 14.1. The highest BCUT2D eigenvalue weighted by atomic mass is 16.5. The Hall–Kier alpha value is -0.860. The van der Waals surface area contributed by atoms with Gasteiger partial charge in [-0.15, -0.1) is 0 Å². The van der Waals surface area contributed by atoms with Crippen molar-refractivity contribution >= 4 is 0 Å². The van der Waals surface area contributed by atoms with E-state index in [4.69, 9.17) is 10.5 Å². The summed E-state index contributed by atoms with van der Waals surface area (Å²) in [5.74, 6) is 0. The van der Waals surface area contributed by atoms with E-state index in [1.54, 1.807) is 0 Å². The summed E-state index contributed by atoms with van der Waals surface area (Å²) in [6, 6.07) is 8.95. The third kappa shape index (κ3) is 3.24. The number of benzene rings is 1. The van der Waals surface area contributed by atoms with Crippen LogP contribution >= 0.6 is 0 Å². The van der Waals surface area contributed by atoms with E-state index in [2.05, 4.69) is 31.2 Å². The van der Waals surface area contributed by atoms with E-state index >= 15 is 0 Å².